The van der Waals surface area contributed by atoms with Crippen LogP contribution in [0.2, 0.25) is 0 Å². The zero-order valence-electron chi connectivity index (χ0n) is 19.2. The Labute approximate surface area is 202 Å². The Morgan fingerprint density at radius 1 is 1.03 bits per heavy atom. The lowest BCUT2D eigenvalue weighted by molar-refractivity contribution is -0.148. The van der Waals surface area contributed by atoms with Gasteiger partial charge in [0, 0.05) is 37.7 Å². The van der Waals surface area contributed by atoms with E-state index < -0.39 is 41.4 Å². The van der Waals surface area contributed by atoms with Crippen molar-refractivity contribution in [2.24, 2.45) is 0 Å². The molecule has 0 radical (unpaired) electrons. The van der Waals surface area contributed by atoms with Gasteiger partial charge in [-0.25, -0.2) is 13.2 Å². The molecule has 1 aliphatic rings. The van der Waals surface area contributed by atoms with Gasteiger partial charge in [-0.2, -0.15) is 13.2 Å². The fourth-order valence-electron chi connectivity index (χ4n) is 4.29. The standard InChI is InChI=1S/C24H23F6N5O/c1-14(15-5-3-2-4-6-15)31-17(9-16-10-19(26)20(27)12-18(16)25)11-22(36)34-7-8-35-21(13-34)32-33-23(35)24(28,29)30/h2-6,10,12,14,17,31H,7-9,11,13H2,1H3/t14-,17+/m1/s1. The second-order valence-electron chi connectivity index (χ2n) is 8.67. The van der Waals surface area contributed by atoms with Crippen LogP contribution < -0.4 is 5.32 Å². The van der Waals surface area contributed by atoms with Crippen LogP contribution in [0.3, 0.4) is 0 Å². The summed E-state index contributed by atoms with van der Waals surface area (Å²) in [6, 6.07) is 9.51. The number of hydrogen-bond donors (Lipinski definition) is 1. The molecule has 0 unspecified atom stereocenters. The lowest BCUT2D eigenvalue weighted by Crippen LogP contribution is -2.43. The van der Waals surface area contributed by atoms with Crippen molar-refractivity contribution in [2.45, 2.75) is 51.1 Å². The molecule has 2 heterocycles. The fourth-order valence-corrected chi connectivity index (χ4v) is 4.29. The highest BCUT2D eigenvalue weighted by Gasteiger charge is 2.40. The van der Waals surface area contributed by atoms with Gasteiger partial charge in [0.25, 0.3) is 0 Å². The van der Waals surface area contributed by atoms with Gasteiger partial charge in [0.15, 0.2) is 17.5 Å². The van der Waals surface area contributed by atoms with Crippen molar-refractivity contribution in [2.75, 3.05) is 6.54 Å². The van der Waals surface area contributed by atoms with Crippen LogP contribution in [0, 0.1) is 17.5 Å². The maximum absolute atomic E-state index is 14.4. The molecule has 6 nitrogen and oxygen atoms in total. The van der Waals surface area contributed by atoms with Gasteiger partial charge in [0.05, 0.1) is 6.54 Å². The topological polar surface area (TPSA) is 63.1 Å². The number of nitrogens with one attached hydrogen (secondary N) is 1. The third-order valence-corrected chi connectivity index (χ3v) is 6.12. The number of benzene rings is 2. The molecule has 1 amide bonds. The minimum atomic E-state index is -4.66. The van der Waals surface area contributed by atoms with Gasteiger partial charge in [-0.15, -0.1) is 10.2 Å². The smallest absolute Gasteiger partial charge is 0.333 e. The minimum Gasteiger partial charge on any atom is -0.333 e. The summed E-state index contributed by atoms with van der Waals surface area (Å²) in [5.41, 5.74) is 0.791. The van der Waals surface area contributed by atoms with Crippen LogP contribution in [0.1, 0.15) is 42.2 Å². The summed E-state index contributed by atoms with van der Waals surface area (Å²) >= 11 is 0. The highest BCUT2D eigenvalue weighted by molar-refractivity contribution is 5.77. The van der Waals surface area contributed by atoms with Crippen molar-refractivity contribution < 1.29 is 31.1 Å². The van der Waals surface area contributed by atoms with Gasteiger partial charge in [0.2, 0.25) is 11.7 Å². The summed E-state index contributed by atoms with van der Waals surface area (Å²) < 4.78 is 81.8. The van der Waals surface area contributed by atoms with E-state index in [-0.39, 0.29) is 49.9 Å². The van der Waals surface area contributed by atoms with Gasteiger partial charge >= 0.3 is 6.18 Å². The molecule has 12 heteroatoms. The molecule has 4 rings (SSSR count). The quantitative estimate of drug-likeness (QED) is 0.377. The number of carbonyl (C=O) groups is 1. The van der Waals surface area contributed by atoms with Crippen molar-refractivity contribution in [3.05, 3.63) is 82.7 Å². The average Bonchev–Trinajstić information content (AvgIpc) is 3.27. The summed E-state index contributed by atoms with van der Waals surface area (Å²) in [4.78, 5) is 14.5. The van der Waals surface area contributed by atoms with Crippen LogP contribution in [0.5, 0.6) is 0 Å². The van der Waals surface area contributed by atoms with E-state index in [0.717, 1.165) is 16.2 Å². The largest absolute Gasteiger partial charge is 0.451 e. The van der Waals surface area contributed by atoms with Crippen LogP contribution in [0.25, 0.3) is 0 Å². The van der Waals surface area contributed by atoms with Crippen LogP contribution >= 0.6 is 0 Å². The van der Waals surface area contributed by atoms with Crippen molar-refractivity contribution >= 4 is 5.91 Å². The summed E-state index contributed by atoms with van der Waals surface area (Å²) in [7, 11) is 0. The van der Waals surface area contributed by atoms with Gasteiger partial charge in [-0.3, -0.25) is 4.79 Å². The van der Waals surface area contributed by atoms with E-state index in [1.165, 1.54) is 4.90 Å². The van der Waals surface area contributed by atoms with Gasteiger partial charge in [-0.05, 0) is 30.5 Å². The van der Waals surface area contributed by atoms with E-state index in [1.807, 2.05) is 37.3 Å². The zero-order valence-corrected chi connectivity index (χ0v) is 19.2. The second-order valence-corrected chi connectivity index (χ2v) is 8.67. The number of fused-ring (bicyclic) bond motifs is 1. The first-order valence-corrected chi connectivity index (χ1v) is 11.2. The second kappa shape index (κ2) is 10.3. The van der Waals surface area contributed by atoms with E-state index in [2.05, 4.69) is 15.5 Å². The third kappa shape index (κ3) is 5.69. The molecule has 0 fully saturated rings. The highest BCUT2D eigenvalue weighted by Crippen LogP contribution is 2.29. The Balaban J connectivity index is 1.52. The summed E-state index contributed by atoms with van der Waals surface area (Å²) in [5.74, 6) is -4.97. The van der Waals surface area contributed by atoms with Crippen molar-refractivity contribution in [1.82, 2.24) is 25.0 Å². The maximum Gasteiger partial charge on any atom is 0.451 e. The number of alkyl halides is 3. The molecule has 0 spiro atoms. The first kappa shape index (κ1) is 25.7. The molecule has 2 atom stereocenters. The van der Waals surface area contributed by atoms with Crippen molar-refractivity contribution in [1.29, 1.82) is 0 Å². The molecule has 192 valence electrons. The SMILES string of the molecule is C[C@@H](N[C@H](CC(=O)N1CCn2c(nnc2C(F)(F)F)C1)Cc1cc(F)c(F)cc1F)c1ccccc1. The van der Waals surface area contributed by atoms with Crippen molar-refractivity contribution in [3.8, 4) is 0 Å². The first-order chi connectivity index (χ1) is 17.0. The van der Waals surface area contributed by atoms with E-state index in [1.54, 1.807) is 0 Å². The Hall–Kier alpha value is -3.41. The molecular weight excluding hydrogens is 488 g/mol. The summed E-state index contributed by atoms with van der Waals surface area (Å²) in [5, 5.41) is 10.0. The molecule has 1 aromatic heterocycles. The normalized spacial score (nSPS) is 15.5. The van der Waals surface area contributed by atoms with Gasteiger partial charge in [-0.1, -0.05) is 30.3 Å². The number of aromatic nitrogens is 3. The average molecular weight is 511 g/mol. The van der Waals surface area contributed by atoms with E-state index in [4.69, 9.17) is 0 Å². The number of rotatable bonds is 7. The molecule has 36 heavy (non-hydrogen) atoms. The lowest BCUT2D eigenvalue weighted by atomic mass is 9.99. The number of hydrogen-bond acceptors (Lipinski definition) is 4. The Morgan fingerprint density at radius 3 is 2.42 bits per heavy atom. The minimum absolute atomic E-state index is 0.00739. The van der Waals surface area contributed by atoms with Gasteiger partial charge < -0.3 is 14.8 Å². The van der Waals surface area contributed by atoms with E-state index in [9.17, 15) is 31.1 Å². The summed E-state index contributed by atoms with van der Waals surface area (Å²) in [6.45, 7) is 1.56. The van der Waals surface area contributed by atoms with Crippen LogP contribution in [-0.2, 0) is 30.5 Å². The molecule has 0 aliphatic carbocycles. The van der Waals surface area contributed by atoms with Crippen LogP contribution in [-0.4, -0.2) is 38.2 Å². The first-order valence-electron chi connectivity index (χ1n) is 11.2. The molecule has 2 aromatic carbocycles. The number of nitrogens with zero attached hydrogens (tertiary/aromatic N) is 4. The molecule has 0 saturated heterocycles. The number of halogens is 6. The number of carbonyl (C=O) groups excluding carboxylic acids is 1. The van der Waals surface area contributed by atoms with Crippen LogP contribution in [0.15, 0.2) is 42.5 Å². The Bertz CT molecular complexity index is 1230. The Kier molecular flexibility index (Phi) is 7.34. The van der Waals surface area contributed by atoms with E-state index in [0.29, 0.717) is 6.07 Å². The van der Waals surface area contributed by atoms with Crippen molar-refractivity contribution in [3.63, 3.8) is 0 Å². The fraction of sp³-hybridized carbons (Fsp3) is 0.375. The molecule has 0 bridgehead atoms. The lowest BCUT2D eigenvalue weighted by Gasteiger charge is -2.30. The maximum atomic E-state index is 14.4. The zero-order chi connectivity index (χ0) is 26.0. The molecule has 3 aromatic rings. The van der Waals surface area contributed by atoms with Gasteiger partial charge in [0.1, 0.15) is 5.82 Å². The predicted octanol–water partition coefficient (Wildman–Crippen LogP) is 4.41. The molecular formula is C24H23F6N5O. The number of amides is 1. The molecule has 0 saturated carbocycles. The molecule has 1 N–H and O–H groups in total. The predicted molar refractivity (Wildman–Crippen MR) is 117 cm³/mol. The molecule has 1 aliphatic heterocycles. The highest BCUT2D eigenvalue weighted by atomic mass is 19.4. The summed E-state index contributed by atoms with van der Waals surface area (Å²) in [6.07, 6.45) is -4.93. The van der Waals surface area contributed by atoms with Crippen LogP contribution in [0.4, 0.5) is 26.3 Å². The third-order valence-electron chi connectivity index (χ3n) is 6.12. The van der Waals surface area contributed by atoms with E-state index >= 15 is 0 Å². The monoisotopic (exact) mass is 511 g/mol. The Morgan fingerprint density at radius 2 is 1.72 bits per heavy atom.